The first-order valence-electron chi connectivity index (χ1n) is 10.8. The van der Waals surface area contributed by atoms with Crippen molar-refractivity contribution in [1.29, 1.82) is 0 Å². The van der Waals surface area contributed by atoms with E-state index in [1.807, 2.05) is 29.2 Å². The van der Waals surface area contributed by atoms with E-state index in [-0.39, 0.29) is 17.9 Å². The monoisotopic (exact) mass is 562 g/mol. The number of carbonyl (C=O) groups is 1. The Labute approximate surface area is 219 Å². The lowest BCUT2D eigenvalue weighted by Gasteiger charge is -2.35. The van der Waals surface area contributed by atoms with Gasteiger partial charge in [0.15, 0.2) is 0 Å². The van der Waals surface area contributed by atoms with Crippen molar-refractivity contribution < 1.29 is 13.2 Å². The Kier molecular flexibility index (Phi) is 8.21. The third kappa shape index (κ3) is 6.12. The van der Waals surface area contributed by atoms with Crippen molar-refractivity contribution in [2.45, 2.75) is 10.9 Å². The largest absolute Gasteiger partial charge is 0.324 e. The number of piperazine rings is 1. The maximum Gasteiger partial charge on any atom is 0.320 e. The predicted molar refractivity (Wildman–Crippen MR) is 138 cm³/mol. The normalized spacial score (nSPS) is 21.8. The van der Waals surface area contributed by atoms with E-state index in [1.54, 1.807) is 28.9 Å². The number of nitrogens with zero attached hydrogens (tertiary/aromatic N) is 4. The van der Waals surface area contributed by atoms with E-state index in [9.17, 15) is 13.2 Å². The fraction of sp³-hybridized carbons (Fsp3) is 0.455. The van der Waals surface area contributed by atoms with Gasteiger partial charge in [-0.15, -0.1) is 11.8 Å². The van der Waals surface area contributed by atoms with Gasteiger partial charge in [0.05, 0.1) is 26.3 Å². The van der Waals surface area contributed by atoms with Crippen molar-refractivity contribution in [3.63, 3.8) is 0 Å². The fourth-order valence-electron chi connectivity index (χ4n) is 4.37. The number of benzene rings is 1. The number of halogens is 3. The smallest absolute Gasteiger partial charge is 0.320 e. The molecule has 4 rings (SSSR count). The van der Waals surface area contributed by atoms with E-state index in [1.165, 1.54) is 10.6 Å². The average molecular weight is 564 g/mol. The van der Waals surface area contributed by atoms with Gasteiger partial charge in [-0.2, -0.15) is 4.31 Å². The number of carbonyl (C=O) groups excluding carboxylic acids is 1. The maximum atomic E-state index is 13.3. The average Bonchev–Trinajstić information content (AvgIpc) is 3.24. The number of pyridine rings is 1. The highest BCUT2D eigenvalue weighted by Gasteiger charge is 2.39. The highest BCUT2D eigenvalue weighted by atomic mass is 35.5. The number of amides is 2. The summed E-state index contributed by atoms with van der Waals surface area (Å²) in [5, 5.41) is 2.45. The Bertz CT molecular complexity index is 1140. The molecule has 2 amide bonds. The minimum absolute atomic E-state index is 0.0599. The van der Waals surface area contributed by atoms with Crippen molar-refractivity contribution in [3.05, 3.63) is 57.2 Å². The molecule has 0 radical (unpaired) electrons. The van der Waals surface area contributed by atoms with E-state index in [0.29, 0.717) is 54.3 Å². The van der Waals surface area contributed by atoms with Gasteiger partial charge in [0.25, 0.3) is 0 Å². The topological polar surface area (TPSA) is 73.8 Å². The van der Waals surface area contributed by atoms with Crippen LogP contribution in [0.4, 0.5) is 4.79 Å². The van der Waals surface area contributed by atoms with Gasteiger partial charge < -0.3 is 9.80 Å². The van der Waals surface area contributed by atoms with Crippen LogP contribution in [0, 0.1) is 5.92 Å². The van der Waals surface area contributed by atoms with Crippen molar-refractivity contribution in [1.82, 2.24) is 19.1 Å². The lowest BCUT2D eigenvalue weighted by Crippen LogP contribution is -2.53. The third-order valence-electron chi connectivity index (χ3n) is 6.21. The second kappa shape index (κ2) is 10.8. The van der Waals surface area contributed by atoms with Crippen LogP contribution >= 0.6 is 46.6 Å². The molecule has 2 atom stereocenters. The molecule has 2 saturated heterocycles. The van der Waals surface area contributed by atoms with Gasteiger partial charge in [0, 0.05) is 57.1 Å². The van der Waals surface area contributed by atoms with Gasteiger partial charge >= 0.3 is 6.03 Å². The van der Waals surface area contributed by atoms with Crippen LogP contribution in [0.2, 0.25) is 15.1 Å². The van der Waals surface area contributed by atoms with Crippen LogP contribution in [0.3, 0.4) is 0 Å². The molecule has 0 N–H and O–H groups in total. The van der Waals surface area contributed by atoms with Gasteiger partial charge in [-0.05, 0) is 35.7 Å². The number of likely N-dealkylation sites (tertiary alicyclic amines) is 1. The molecular formula is C22H25Cl3N4O3S2. The Hall–Kier alpha value is -1.23. The molecule has 0 saturated carbocycles. The maximum absolute atomic E-state index is 13.3. The zero-order valence-corrected chi connectivity index (χ0v) is 22.4. The molecule has 34 heavy (non-hydrogen) atoms. The van der Waals surface area contributed by atoms with Crippen molar-refractivity contribution in [2.75, 3.05) is 51.3 Å². The van der Waals surface area contributed by atoms with Gasteiger partial charge in [0.1, 0.15) is 0 Å². The Balaban J connectivity index is 1.48. The first-order valence-corrected chi connectivity index (χ1v) is 14.8. The molecule has 3 heterocycles. The summed E-state index contributed by atoms with van der Waals surface area (Å²) < 4.78 is 25.0. The van der Waals surface area contributed by atoms with Crippen LogP contribution in [0.5, 0.6) is 0 Å². The lowest BCUT2D eigenvalue weighted by molar-refractivity contribution is 0.141. The molecule has 0 bridgehead atoms. The fourth-order valence-corrected chi connectivity index (χ4v) is 6.63. The van der Waals surface area contributed by atoms with Crippen LogP contribution in [0.15, 0.2) is 41.6 Å². The number of hydrogen-bond donors (Lipinski definition) is 0. The number of aromatic nitrogens is 1. The number of rotatable bonds is 5. The molecule has 1 aromatic heterocycles. The zero-order valence-electron chi connectivity index (χ0n) is 18.5. The number of sulfonamides is 1. The third-order valence-corrected chi connectivity index (χ3v) is 9.60. The molecule has 2 aliphatic heterocycles. The van der Waals surface area contributed by atoms with Crippen LogP contribution in [0.1, 0.15) is 11.5 Å². The molecule has 12 heteroatoms. The molecule has 1 unspecified atom stereocenters. The SMILES string of the molecule is CS(=O)(=O)N1CCN(C(=O)N2CC(CSc3ccc(Cl)cn3)[C@@H](c3ccc(Cl)c(Cl)c3)C2)CC1. The quantitative estimate of drug-likeness (QED) is 0.499. The summed E-state index contributed by atoms with van der Waals surface area (Å²) >= 11 is 20.0. The van der Waals surface area contributed by atoms with Crippen LogP contribution in [-0.4, -0.2) is 84.8 Å². The molecule has 2 aliphatic rings. The summed E-state index contributed by atoms with van der Waals surface area (Å²) in [6, 6.07) is 9.28. The van der Waals surface area contributed by atoms with Crippen molar-refractivity contribution in [2.24, 2.45) is 5.92 Å². The van der Waals surface area contributed by atoms with Crippen LogP contribution in [0.25, 0.3) is 0 Å². The number of urea groups is 1. The molecule has 2 aromatic rings. The summed E-state index contributed by atoms with van der Waals surface area (Å²) in [6.07, 6.45) is 2.82. The zero-order chi connectivity index (χ0) is 24.5. The van der Waals surface area contributed by atoms with Gasteiger partial charge in [-0.3, -0.25) is 0 Å². The van der Waals surface area contributed by atoms with Crippen LogP contribution in [-0.2, 0) is 10.0 Å². The minimum Gasteiger partial charge on any atom is -0.324 e. The molecule has 2 fully saturated rings. The van der Waals surface area contributed by atoms with Crippen molar-refractivity contribution in [3.8, 4) is 0 Å². The highest BCUT2D eigenvalue weighted by Crippen LogP contribution is 2.38. The molecule has 0 aliphatic carbocycles. The van der Waals surface area contributed by atoms with E-state index in [0.717, 1.165) is 16.3 Å². The highest BCUT2D eigenvalue weighted by molar-refractivity contribution is 7.99. The van der Waals surface area contributed by atoms with Gasteiger partial charge in [-0.25, -0.2) is 18.2 Å². The molecular weight excluding hydrogens is 539 g/mol. The van der Waals surface area contributed by atoms with Gasteiger partial charge in [-0.1, -0.05) is 40.9 Å². The Morgan fingerprint density at radius 2 is 1.76 bits per heavy atom. The van der Waals surface area contributed by atoms with Crippen LogP contribution < -0.4 is 0 Å². The summed E-state index contributed by atoms with van der Waals surface area (Å²) in [4.78, 5) is 21.3. The Morgan fingerprint density at radius 3 is 2.38 bits per heavy atom. The van der Waals surface area contributed by atoms with E-state index < -0.39 is 10.0 Å². The van der Waals surface area contributed by atoms with E-state index in [4.69, 9.17) is 34.8 Å². The predicted octanol–water partition coefficient (Wildman–Crippen LogP) is 4.55. The Morgan fingerprint density at radius 1 is 1.03 bits per heavy atom. The second-order valence-corrected chi connectivity index (χ2v) is 12.8. The number of thioether (sulfide) groups is 1. The summed E-state index contributed by atoms with van der Waals surface area (Å²) in [5.74, 6) is 1.04. The summed E-state index contributed by atoms with van der Waals surface area (Å²) in [6.45, 7) is 2.55. The summed E-state index contributed by atoms with van der Waals surface area (Å²) in [7, 11) is -3.25. The van der Waals surface area contributed by atoms with Crippen molar-refractivity contribution >= 4 is 62.6 Å². The lowest BCUT2D eigenvalue weighted by atomic mass is 9.90. The molecule has 0 spiro atoms. The molecule has 184 valence electrons. The van der Waals surface area contributed by atoms with E-state index >= 15 is 0 Å². The standard InChI is InChI=1S/C22H25Cl3N4O3S2/c1-34(31,32)29-8-6-27(7-9-29)22(30)28-12-16(14-33-21-5-3-17(23)11-26-21)18(13-28)15-2-4-19(24)20(25)10-15/h2-5,10-11,16,18H,6-9,12-14H2,1H3/t16?,18-/m1/s1. The van der Waals surface area contributed by atoms with Gasteiger partial charge in [0.2, 0.25) is 10.0 Å². The van der Waals surface area contributed by atoms with E-state index in [2.05, 4.69) is 4.98 Å². The first kappa shape index (κ1) is 25.9. The minimum atomic E-state index is -3.25. The molecule has 1 aromatic carbocycles. The first-order chi connectivity index (χ1) is 16.1. The molecule has 7 nitrogen and oxygen atoms in total. The second-order valence-electron chi connectivity index (χ2n) is 8.50. The number of hydrogen-bond acceptors (Lipinski definition) is 5. The summed E-state index contributed by atoms with van der Waals surface area (Å²) in [5.41, 5.74) is 1.04.